The molecule has 0 bridgehead atoms. The SMILES string of the molecule is NC(=O)c1ccc(C(=O)N2CCCC(CNC(=O)C3CCCN3)C2)s1. The van der Waals surface area contributed by atoms with Crippen LogP contribution >= 0.6 is 11.3 Å². The predicted octanol–water partition coefficient (Wildman–Crippen LogP) is 0.567. The van der Waals surface area contributed by atoms with E-state index in [-0.39, 0.29) is 23.8 Å². The van der Waals surface area contributed by atoms with Gasteiger partial charge in [0.2, 0.25) is 5.91 Å². The molecule has 3 amide bonds. The van der Waals surface area contributed by atoms with Crippen molar-refractivity contribution in [2.45, 2.75) is 31.7 Å². The van der Waals surface area contributed by atoms with Crippen molar-refractivity contribution >= 4 is 29.1 Å². The summed E-state index contributed by atoms with van der Waals surface area (Å²) in [7, 11) is 0. The van der Waals surface area contributed by atoms with Crippen LogP contribution in [0.25, 0.3) is 0 Å². The van der Waals surface area contributed by atoms with E-state index in [4.69, 9.17) is 5.73 Å². The summed E-state index contributed by atoms with van der Waals surface area (Å²) in [5.74, 6) is -0.251. The predicted molar refractivity (Wildman–Crippen MR) is 95.5 cm³/mol. The monoisotopic (exact) mass is 364 g/mol. The molecule has 3 rings (SSSR count). The number of nitrogens with one attached hydrogen (secondary N) is 2. The van der Waals surface area contributed by atoms with Gasteiger partial charge in [-0.2, -0.15) is 0 Å². The fraction of sp³-hybridized carbons (Fsp3) is 0.588. The van der Waals surface area contributed by atoms with Gasteiger partial charge in [0, 0.05) is 19.6 Å². The van der Waals surface area contributed by atoms with Crippen LogP contribution in [0.3, 0.4) is 0 Å². The Hall–Kier alpha value is -1.93. The maximum Gasteiger partial charge on any atom is 0.263 e. The van der Waals surface area contributed by atoms with E-state index in [2.05, 4.69) is 10.6 Å². The number of piperidine rings is 1. The molecule has 2 aliphatic rings. The average Bonchev–Trinajstić information content (AvgIpc) is 3.30. The Morgan fingerprint density at radius 1 is 1.24 bits per heavy atom. The van der Waals surface area contributed by atoms with Crippen LogP contribution in [0.2, 0.25) is 0 Å². The quantitative estimate of drug-likeness (QED) is 0.710. The first-order valence-electron chi connectivity index (χ1n) is 8.74. The van der Waals surface area contributed by atoms with Crippen molar-refractivity contribution in [3.05, 3.63) is 21.9 Å². The summed E-state index contributed by atoms with van der Waals surface area (Å²) >= 11 is 1.14. The number of amides is 3. The molecule has 2 aliphatic heterocycles. The van der Waals surface area contributed by atoms with Crippen molar-refractivity contribution in [3.8, 4) is 0 Å². The van der Waals surface area contributed by atoms with Gasteiger partial charge in [-0.05, 0) is 50.3 Å². The third-order valence-electron chi connectivity index (χ3n) is 4.81. The molecule has 1 aromatic heterocycles. The summed E-state index contributed by atoms with van der Waals surface area (Å²) in [6.45, 7) is 2.83. The van der Waals surface area contributed by atoms with Gasteiger partial charge in [0.25, 0.3) is 11.8 Å². The normalized spacial score (nSPS) is 23.4. The van der Waals surface area contributed by atoms with E-state index in [9.17, 15) is 14.4 Å². The lowest BCUT2D eigenvalue weighted by Crippen LogP contribution is -2.46. The molecule has 136 valence electrons. The lowest BCUT2D eigenvalue weighted by Gasteiger charge is -2.32. The van der Waals surface area contributed by atoms with Crippen molar-refractivity contribution in [2.24, 2.45) is 11.7 Å². The first-order valence-corrected chi connectivity index (χ1v) is 9.56. The minimum Gasteiger partial charge on any atom is -0.365 e. The van der Waals surface area contributed by atoms with Crippen molar-refractivity contribution in [1.82, 2.24) is 15.5 Å². The smallest absolute Gasteiger partial charge is 0.263 e. The Kier molecular flexibility index (Phi) is 5.70. The van der Waals surface area contributed by atoms with Crippen LogP contribution in [0.15, 0.2) is 12.1 Å². The van der Waals surface area contributed by atoms with E-state index in [1.807, 2.05) is 4.90 Å². The van der Waals surface area contributed by atoms with Gasteiger partial charge < -0.3 is 21.3 Å². The molecule has 2 saturated heterocycles. The van der Waals surface area contributed by atoms with Crippen molar-refractivity contribution in [3.63, 3.8) is 0 Å². The molecule has 0 radical (unpaired) electrons. The molecular formula is C17H24N4O3S. The Labute approximate surface area is 150 Å². The number of likely N-dealkylation sites (tertiary alicyclic amines) is 1. The van der Waals surface area contributed by atoms with Gasteiger partial charge in [-0.15, -0.1) is 11.3 Å². The molecule has 1 aromatic rings. The molecule has 0 saturated carbocycles. The molecule has 2 unspecified atom stereocenters. The van der Waals surface area contributed by atoms with Gasteiger partial charge in [-0.25, -0.2) is 0 Å². The van der Waals surface area contributed by atoms with E-state index in [0.717, 1.165) is 43.6 Å². The van der Waals surface area contributed by atoms with Crippen LogP contribution in [0.1, 0.15) is 45.0 Å². The lowest BCUT2D eigenvalue weighted by molar-refractivity contribution is -0.123. The van der Waals surface area contributed by atoms with E-state index in [1.165, 1.54) is 0 Å². The van der Waals surface area contributed by atoms with Gasteiger partial charge in [-0.1, -0.05) is 0 Å². The summed E-state index contributed by atoms with van der Waals surface area (Å²) in [5.41, 5.74) is 5.25. The maximum atomic E-state index is 12.6. The molecule has 2 atom stereocenters. The standard InChI is InChI=1S/C17H24N4O3S/c18-15(22)13-5-6-14(25-13)17(24)21-8-2-3-11(10-21)9-20-16(23)12-4-1-7-19-12/h5-6,11-12,19H,1-4,7-10H2,(H2,18,22)(H,20,23). The van der Waals surface area contributed by atoms with Crippen LogP contribution in [0.4, 0.5) is 0 Å². The number of carbonyl (C=O) groups is 3. The van der Waals surface area contributed by atoms with Crippen molar-refractivity contribution in [1.29, 1.82) is 0 Å². The minimum atomic E-state index is -0.510. The second kappa shape index (κ2) is 7.97. The summed E-state index contributed by atoms with van der Waals surface area (Å²) in [6.07, 6.45) is 3.85. The van der Waals surface area contributed by atoms with Crippen LogP contribution in [-0.4, -0.2) is 54.8 Å². The molecule has 0 aliphatic carbocycles. The summed E-state index contributed by atoms with van der Waals surface area (Å²) < 4.78 is 0. The molecule has 3 heterocycles. The van der Waals surface area contributed by atoms with Crippen LogP contribution in [-0.2, 0) is 4.79 Å². The highest BCUT2D eigenvalue weighted by molar-refractivity contribution is 7.15. The number of nitrogens with two attached hydrogens (primary N) is 1. The van der Waals surface area contributed by atoms with Gasteiger partial charge in [0.05, 0.1) is 15.8 Å². The molecule has 4 N–H and O–H groups in total. The third kappa shape index (κ3) is 4.38. The molecule has 8 heteroatoms. The zero-order chi connectivity index (χ0) is 17.8. The topological polar surface area (TPSA) is 105 Å². The van der Waals surface area contributed by atoms with Crippen LogP contribution < -0.4 is 16.4 Å². The zero-order valence-corrected chi connectivity index (χ0v) is 14.9. The maximum absolute atomic E-state index is 12.6. The molecule has 2 fully saturated rings. The van der Waals surface area contributed by atoms with Gasteiger partial charge in [-0.3, -0.25) is 14.4 Å². The van der Waals surface area contributed by atoms with Gasteiger partial charge in [0.1, 0.15) is 0 Å². The summed E-state index contributed by atoms with van der Waals surface area (Å²) in [4.78, 5) is 38.6. The van der Waals surface area contributed by atoms with E-state index in [0.29, 0.717) is 29.4 Å². The minimum absolute atomic E-state index is 0.0605. The number of nitrogens with zero attached hydrogens (tertiary/aromatic N) is 1. The van der Waals surface area contributed by atoms with E-state index >= 15 is 0 Å². The van der Waals surface area contributed by atoms with E-state index < -0.39 is 5.91 Å². The largest absolute Gasteiger partial charge is 0.365 e. The highest BCUT2D eigenvalue weighted by Gasteiger charge is 2.27. The first kappa shape index (κ1) is 17.9. The highest BCUT2D eigenvalue weighted by Crippen LogP contribution is 2.22. The molecule has 0 aromatic carbocycles. The Bertz CT molecular complexity index is 654. The molecular weight excluding hydrogens is 340 g/mol. The average molecular weight is 364 g/mol. The fourth-order valence-corrected chi connectivity index (χ4v) is 4.26. The summed E-state index contributed by atoms with van der Waals surface area (Å²) in [6, 6.07) is 3.18. The highest BCUT2D eigenvalue weighted by atomic mass is 32.1. The Morgan fingerprint density at radius 2 is 2.04 bits per heavy atom. The molecule has 25 heavy (non-hydrogen) atoms. The lowest BCUT2D eigenvalue weighted by atomic mass is 9.97. The fourth-order valence-electron chi connectivity index (χ4n) is 3.43. The van der Waals surface area contributed by atoms with Crippen LogP contribution in [0.5, 0.6) is 0 Å². The van der Waals surface area contributed by atoms with Crippen molar-refractivity contribution in [2.75, 3.05) is 26.2 Å². The van der Waals surface area contributed by atoms with Crippen molar-refractivity contribution < 1.29 is 14.4 Å². The Morgan fingerprint density at radius 3 is 2.72 bits per heavy atom. The second-order valence-electron chi connectivity index (χ2n) is 6.68. The molecule has 7 nitrogen and oxygen atoms in total. The number of rotatable bonds is 5. The third-order valence-corrected chi connectivity index (χ3v) is 5.90. The number of carbonyl (C=O) groups excluding carboxylic acids is 3. The number of thiophene rings is 1. The number of primary amides is 1. The second-order valence-corrected chi connectivity index (χ2v) is 7.77. The number of hydrogen-bond acceptors (Lipinski definition) is 5. The first-order chi connectivity index (χ1) is 12.0. The van der Waals surface area contributed by atoms with Gasteiger partial charge in [0.15, 0.2) is 0 Å². The number of hydrogen-bond donors (Lipinski definition) is 3. The van der Waals surface area contributed by atoms with Gasteiger partial charge >= 0.3 is 0 Å². The van der Waals surface area contributed by atoms with E-state index in [1.54, 1.807) is 12.1 Å². The molecule has 0 spiro atoms. The zero-order valence-electron chi connectivity index (χ0n) is 14.1. The van der Waals surface area contributed by atoms with Crippen LogP contribution in [0, 0.1) is 5.92 Å². The Balaban J connectivity index is 1.52. The summed E-state index contributed by atoms with van der Waals surface area (Å²) in [5, 5.41) is 6.21.